The Morgan fingerprint density at radius 1 is 1.56 bits per heavy atom. The molecule has 1 atom stereocenters. The molecule has 98 valence electrons. The van der Waals surface area contributed by atoms with Gasteiger partial charge in [-0.1, -0.05) is 11.3 Å². The number of aryl methyl sites for hydroxylation is 1. The molecule has 18 heavy (non-hydrogen) atoms. The van der Waals surface area contributed by atoms with E-state index in [4.69, 9.17) is 10.5 Å². The van der Waals surface area contributed by atoms with Crippen LogP contribution >= 0.6 is 11.3 Å². The molecule has 2 aromatic heterocycles. The molecule has 0 fully saturated rings. The van der Waals surface area contributed by atoms with Crippen LogP contribution < -0.4 is 10.6 Å². The van der Waals surface area contributed by atoms with E-state index in [-0.39, 0.29) is 6.04 Å². The number of pyridine rings is 1. The van der Waals surface area contributed by atoms with Crippen molar-refractivity contribution in [2.75, 3.05) is 31.4 Å². The Morgan fingerprint density at radius 2 is 2.28 bits per heavy atom. The van der Waals surface area contributed by atoms with Crippen molar-refractivity contribution in [2.45, 2.75) is 19.9 Å². The van der Waals surface area contributed by atoms with Crippen LogP contribution in [0.3, 0.4) is 0 Å². The number of fused-ring (bicyclic) bond motifs is 1. The molecule has 5 nitrogen and oxygen atoms in total. The number of hydrogen-bond acceptors (Lipinski definition) is 6. The maximum absolute atomic E-state index is 6.05. The molecule has 6 heteroatoms. The standard InChI is InChI=1S/C12H18N4OS/c1-7(6-17-4)16(3)11-9(13)5-14-12-10(11)15-8(2)18-12/h5,7H,6,13H2,1-4H3. The van der Waals surface area contributed by atoms with Crippen LogP contribution in [0, 0.1) is 6.92 Å². The van der Waals surface area contributed by atoms with E-state index in [0.717, 1.165) is 21.0 Å². The lowest BCUT2D eigenvalue weighted by molar-refractivity contribution is 0.183. The molecule has 2 aromatic rings. The number of nitrogens with two attached hydrogens (primary N) is 1. The van der Waals surface area contributed by atoms with Gasteiger partial charge in [0.25, 0.3) is 0 Å². The van der Waals surface area contributed by atoms with Crippen LogP contribution in [0.5, 0.6) is 0 Å². The van der Waals surface area contributed by atoms with Crippen LogP contribution in [0.25, 0.3) is 10.3 Å². The summed E-state index contributed by atoms with van der Waals surface area (Å²) in [5.74, 6) is 0. The number of nitrogens with zero attached hydrogens (tertiary/aromatic N) is 3. The number of methoxy groups -OCH3 is 1. The summed E-state index contributed by atoms with van der Waals surface area (Å²) in [6.07, 6.45) is 1.70. The van der Waals surface area contributed by atoms with Crippen LogP contribution in [-0.4, -0.2) is 36.8 Å². The second-order valence-electron chi connectivity index (χ2n) is 4.36. The van der Waals surface area contributed by atoms with E-state index in [1.807, 2.05) is 14.0 Å². The summed E-state index contributed by atoms with van der Waals surface area (Å²) >= 11 is 1.58. The van der Waals surface area contributed by atoms with Gasteiger partial charge in [-0.3, -0.25) is 0 Å². The fraction of sp³-hybridized carbons (Fsp3) is 0.500. The lowest BCUT2D eigenvalue weighted by atomic mass is 10.2. The fourth-order valence-corrected chi connectivity index (χ4v) is 2.69. The topological polar surface area (TPSA) is 64.3 Å². The zero-order valence-electron chi connectivity index (χ0n) is 11.1. The highest BCUT2D eigenvalue weighted by Gasteiger charge is 2.18. The van der Waals surface area contributed by atoms with E-state index in [9.17, 15) is 0 Å². The Balaban J connectivity index is 2.51. The largest absolute Gasteiger partial charge is 0.396 e. The van der Waals surface area contributed by atoms with Gasteiger partial charge in [-0.05, 0) is 13.8 Å². The van der Waals surface area contributed by atoms with Crippen LogP contribution in [-0.2, 0) is 4.74 Å². The number of aromatic nitrogens is 2. The van der Waals surface area contributed by atoms with Gasteiger partial charge in [0.1, 0.15) is 10.3 Å². The van der Waals surface area contributed by atoms with Gasteiger partial charge in [-0.25, -0.2) is 9.97 Å². The first-order chi connectivity index (χ1) is 8.54. The molecule has 1 unspecified atom stereocenters. The highest BCUT2D eigenvalue weighted by molar-refractivity contribution is 7.18. The molecule has 0 radical (unpaired) electrons. The molecule has 0 bridgehead atoms. The van der Waals surface area contributed by atoms with Crippen molar-refractivity contribution in [3.8, 4) is 0 Å². The van der Waals surface area contributed by atoms with Crippen molar-refractivity contribution in [3.63, 3.8) is 0 Å². The van der Waals surface area contributed by atoms with Crippen molar-refractivity contribution in [3.05, 3.63) is 11.2 Å². The van der Waals surface area contributed by atoms with Crippen LogP contribution in [0.15, 0.2) is 6.20 Å². The Kier molecular flexibility index (Phi) is 3.68. The van der Waals surface area contributed by atoms with Crippen molar-refractivity contribution in [1.29, 1.82) is 0 Å². The summed E-state index contributed by atoms with van der Waals surface area (Å²) in [7, 11) is 3.70. The third-order valence-electron chi connectivity index (χ3n) is 2.96. The van der Waals surface area contributed by atoms with Crippen molar-refractivity contribution in [2.24, 2.45) is 0 Å². The molecular weight excluding hydrogens is 248 g/mol. The zero-order chi connectivity index (χ0) is 13.3. The number of thiazole rings is 1. The van der Waals surface area contributed by atoms with E-state index in [0.29, 0.717) is 12.3 Å². The maximum atomic E-state index is 6.05. The lowest BCUT2D eigenvalue weighted by Crippen LogP contribution is -2.33. The molecule has 0 aliphatic heterocycles. The minimum atomic E-state index is 0.227. The van der Waals surface area contributed by atoms with Gasteiger partial charge in [0.05, 0.1) is 29.2 Å². The van der Waals surface area contributed by atoms with E-state index >= 15 is 0 Å². The molecule has 0 aliphatic carbocycles. The number of hydrogen-bond donors (Lipinski definition) is 1. The van der Waals surface area contributed by atoms with Gasteiger partial charge in [0.2, 0.25) is 0 Å². The number of rotatable bonds is 4. The van der Waals surface area contributed by atoms with Crippen LogP contribution in [0.2, 0.25) is 0 Å². The van der Waals surface area contributed by atoms with Crippen molar-refractivity contribution >= 4 is 33.1 Å². The quantitative estimate of drug-likeness (QED) is 0.917. The Hall–Kier alpha value is -1.40. The summed E-state index contributed by atoms with van der Waals surface area (Å²) in [6.45, 7) is 4.71. The average Bonchev–Trinajstić information content (AvgIpc) is 2.69. The van der Waals surface area contributed by atoms with Crippen LogP contribution in [0.4, 0.5) is 11.4 Å². The molecule has 0 saturated heterocycles. The Bertz CT molecular complexity index is 554. The lowest BCUT2D eigenvalue weighted by Gasteiger charge is -2.27. The maximum Gasteiger partial charge on any atom is 0.145 e. The van der Waals surface area contributed by atoms with E-state index in [1.165, 1.54) is 0 Å². The second-order valence-corrected chi connectivity index (χ2v) is 5.55. The summed E-state index contributed by atoms with van der Waals surface area (Å²) in [4.78, 5) is 11.9. The molecule has 0 amide bonds. The minimum absolute atomic E-state index is 0.227. The summed E-state index contributed by atoms with van der Waals surface area (Å²) in [6, 6.07) is 0.227. The Labute approximate surface area is 111 Å². The smallest absolute Gasteiger partial charge is 0.145 e. The molecule has 0 aromatic carbocycles. The van der Waals surface area contributed by atoms with Gasteiger partial charge in [-0.15, -0.1) is 0 Å². The highest BCUT2D eigenvalue weighted by Crippen LogP contribution is 2.33. The van der Waals surface area contributed by atoms with E-state index in [2.05, 4.69) is 21.8 Å². The van der Waals surface area contributed by atoms with E-state index in [1.54, 1.807) is 24.6 Å². The zero-order valence-corrected chi connectivity index (χ0v) is 11.9. The minimum Gasteiger partial charge on any atom is -0.396 e. The molecule has 2 N–H and O–H groups in total. The first kappa shape index (κ1) is 13.0. The second kappa shape index (κ2) is 5.07. The molecule has 0 spiro atoms. The van der Waals surface area contributed by atoms with Gasteiger partial charge in [-0.2, -0.15) is 0 Å². The first-order valence-corrected chi connectivity index (χ1v) is 6.59. The SMILES string of the molecule is COCC(C)N(C)c1c(N)cnc2sc(C)nc12. The number of ether oxygens (including phenoxy) is 1. The van der Waals surface area contributed by atoms with Crippen LogP contribution in [0.1, 0.15) is 11.9 Å². The monoisotopic (exact) mass is 266 g/mol. The average molecular weight is 266 g/mol. The number of anilines is 2. The van der Waals surface area contributed by atoms with Gasteiger partial charge >= 0.3 is 0 Å². The normalized spacial score (nSPS) is 12.9. The molecule has 0 aliphatic rings. The van der Waals surface area contributed by atoms with E-state index < -0.39 is 0 Å². The predicted octanol–water partition coefficient (Wildman–Crippen LogP) is 2.05. The molecule has 0 saturated carbocycles. The summed E-state index contributed by atoms with van der Waals surface area (Å²) in [5, 5.41) is 0.997. The summed E-state index contributed by atoms with van der Waals surface area (Å²) < 4.78 is 5.19. The third-order valence-corrected chi connectivity index (χ3v) is 3.84. The highest BCUT2D eigenvalue weighted by atomic mass is 32.1. The number of nitrogen functional groups attached to an aromatic ring is 1. The first-order valence-electron chi connectivity index (χ1n) is 5.78. The predicted molar refractivity (Wildman–Crippen MR) is 76.3 cm³/mol. The van der Waals surface area contributed by atoms with Gasteiger partial charge in [0.15, 0.2) is 0 Å². The van der Waals surface area contributed by atoms with Crippen molar-refractivity contribution < 1.29 is 4.74 Å². The molecular formula is C12H18N4OS. The van der Waals surface area contributed by atoms with Gasteiger partial charge in [0, 0.05) is 20.2 Å². The fourth-order valence-electron chi connectivity index (χ4n) is 1.93. The number of likely N-dealkylation sites (N-methyl/N-ethyl adjacent to an activating group) is 1. The molecule has 2 heterocycles. The summed E-state index contributed by atoms with van der Waals surface area (Å²) in [5.41, 5.74) is 8.52. The third kappa shape index (κ3) is 2.26. The van der Waals surface area contributed by atoms with Crippen molar-refractivity contribution in [1.82, 2.24) is 9.97 Å². The Morgan fingerprint density at radius 3 is 2.94 bits per heavy atom. The van der Waals surface area contributed by atoms with Gasteiger partial charge < -0.3 is 15.4 Å². The molecule has 2 rings (SSSR count).